The molecule has 0 saturated carbocycles. The normalized spacial score (nSPS) is 12.2. The van der Waals surface area contributed by atoms with Crippen LogP contribution in [0.15, 0.2) is 24.3 Å². The van der Waals surface area contributed by atoms with Crippen molar-refractivity contribution in [2.24, 2.45) is 5.92 Å². The van der Waals surface area contributed by atoms with Gasteiger partial charge in [0.05, 0.1) is 11.4 Å². The average Bonchev–Trinajstić information content (AvgIpc) is 2.31. The molecule has 4 nitrogen and oxygen atoms in total. The van der Waals surface area contributed by atoms with E-state index in [-0.39, 0.29) is 17.6 Å². The monoisotopic (exact) mass is 393 g/mol. The highest BCUT2D eigenvalue weighted by atomic mass is 127. The second-order valence-electron chi connectivity index (χ2n) is 4.34. The summed E-state index contributed by atoms with van der Waals surface area (Å²) in [5.41, 5.74) is 0.755. The molecule has 6 heteroatoms. The molecule has 0 fully saturated rings. The van der Waals surface area contributed by atoms with Crippen LogP contribution in [-0.4, -0.2) is 28.0 Å². The van der Waals surface area contributed by atoms with Crippen molar-refractivity contribution < 1.29 is 14.7 Å². The molecule has 19 heavy (non-hydrogen) atoms. The quantitative estimate of drug-likeness (QED) is 0.730. The maximum absolute atomic E-state index is 11.8. The van der Waals surface area contributed by atoms with Crippen LogP contribution >= 0.6 is 34.4 Å². The molecule has 0 saturated heterocycles. The minimum atomic E-state index is -0.873. The van der Waals surface area contributed by atoms with Gasteiger partial charge in [0.25, 0.3) is 0 Å². The predicted octanol–water partition coefficient (Wildman–Crippen LogP) is 3.07. The summed E-state index contributed by atoms with van der Waals surface area (Å²) >= 11 is 3.30. The topological polar surface area (TPSA) is 66.4 Å². The van der Waals surface area contributed by atoms with Crippen molar-refractivity contribution in [3.63, 3.8) is 0 Å². The standard InChI is InChI=1S/C13H16INO3S/c1-8(2)12(13(17)18)19-7-11(16)15-10-6-4-3-5-9(10)14/h3-6,8,12H,7H2,1-2H3,(H,15,16)(H,17,18). The summed E-state index contributed by atoms with van der Waals surface area (Å²) in [6.45, 7) is 3.67. The molecular weight excluding hydrogens is 377 g/mol. The van der Waals surface area contributed by atoms with Gasteiger partial charge >= 0.3 is 5.97 Å². The fourth-order valence-corrected chi connectivity index (χ4v) is 2.92. The fraction of sp³-hybridized carbons (Fsp3) is 0.385. The van der Waals surface area contributed by atoms with E-state index >= 15 is 0 Å². The summed E-state index contributed by atoms with van der Waals surface area (Å²) in [6, 6.07) is 7.46. The molecule has 1 amide bonds. The minimum Gasteiger partial charge on any atom is -0.480 e. The van der Waals surface area contributed by atoms with Gasteiger partial charge in [-0.3, -0.25) is 9.59 Å². The van der Waals surface area contributed by atoms with E-state index in [1.807, 2.05) is 38.1 Å². The van der Waals surface area contributed by atoms with Crippen LogP contribution in [-0.2, 0) is 9.59 Å². The van der Waals surface area contributed by atoms with Crippen LogP contribution in [0.2, 0.25) is 0 Å². The molecule has 0 spiro atoms. The van der Waals surface area contributed by atoms with E-state index < -0.39 is 11.2 Å². The Morgan fingerprint density at radius 2 is 2.00 bits per heavy atom. The largest absolute Gasteiger partial charge is 0.480 e. The van der Waals surface area contributed by atoms with Crippen molar-refractivity contribution in [3.8, 4) is 0 Å². The Morgan fingerprint density at radius 3 is 2.53 bits per heavy atom. The first-order valence-corrected chi connectivity index (χ1v) is 7.93. The number of carbonyl (C=O) groups excluding carboxylic acids is 1. The third-order valence-electron chi connectivity index (χ3n) is 2.39. The number of thioether (sulfide) groups is 1. The SMILES string of the molecule is CC(C)C(SCC(=O)Nc1ccccc1I)C(=O)O. The van der Waals surface area contributed by atoms with Gasteiger partial charge in [0.2, 0.25) is 5.91 Å². The van der Waals surface area contributed by atoms with Crippen molar-refractivity contribution in [3.05, 3.63) is 27.8 Å². The number of carboxylic acid groups (broad SMARTS) is 1. The third-order valence-corrected chi connectivity index (χ3v) is 4.87. The van der Waals surface area contributed by atoms with Gasteiger partial charge < -0.3 is 10.4 Å². The second-order valence-corrected chi connectivity index (χ2v) is 6.63. The van der Waals surface area contributed by atoms with Crippen molar-refractivity contribution in [2.45, 2.75) is 19.1 Å². The molecular formula is C13H16INO3S. The van der Waals surface area contributed by atoms with E-state index in [1.54, 1.807) is 0 Å². The number of benzene rings is 1. The number of amides is 1. The average molecular weight is 393 g/mol. The van der Waals surface area contributed by atoms with Gasteiger partial charge in [-0.1, -0.05) is 26.0 Å². The summed E-state index contributed by atoms with van der Waals surface area (Å²) in [7, 11) is 0. The summed E-state index contributed by atoms with van der Waals surface area (Å²) in [6.07, 6.45) is 0. The molecule has 0 radical (unpaired) electrons. The van der Waals surface area contributed by atoms with Crippen LogP contribution in [0.5, 0.6) is 0 Å². The van der Waals surface area contributed by atoms with Crippen molar-refractivity contribution in [2.75, 3.05) is 11.1 Å². The molecule has 0 aromatic heterocycles. The Morgan fingerprint density at radius 1 is 1.37 bits per heavy atom. The van der Waals surface area contributed by atoms with E-state index in [1.165, 1.54) is 0 Å². The van der Waals surface area contributed by atoms with Crippen molar-refractivity contribution in [1.29, 1.82) is 0 Å². The van der Waals surface area contributed by atoms with Crippen molar-refractivity contribution in [1.82, 2.24) is 0 Å². The molecule has 1 aromatic rings. The minimum absolute atomic E-state index is 0.00726. The molecule has 1 aromatic carbocycles. The molecule has 0 aliphatic heterocycles. The van der Waals surface area contributed by atoms with Gasteiger partial charge in [0.15, 0.2) is 0 Å². The summed E-state index contributed by atoms with van der Waals surface area (Å²) in [5.74, 6) is -0.921. The number of hydrogen-bond donors (Lipinski definition) is 2. The number of aliphatic carboxylic acids is 1. The van der Waals surface area contributed by atoms with Crippen molar-refractivity contribution >= 4 is 51.9 Å². The van der Waals surface area contributed by atoms with E-state index in [4.69, 9.17) is 5.11 Å². The van der Waals surface area contributed by atoms with Gasteiger partial charge in [-0.2, -0.15) is 0 Å². The van der Waals surface area contributed by atoms with E-state index in [0.717, 1.165) is 21.0 Å². The number of hydrogen-bond acceptors (Lipinski definition) is 3. The number of halogens is 1. The highest BCUT2D eigenvalue weighted by Crippen LogP contribution is 2.21. The maximum Gasteiger partial charge on any atom is 0.316 e. The number of anilines is 1. The van der Waals surface area contributed by atoms with Crippen LogP contribution in [0.4, 0.5) is 5.69 Å². The number of rotatable bonds is 6. The Balaban J connectivity index is 2.52. The van der Waals surface area contributed by atoms with Crippen LogP contribution in [0.3, 0.4) is 0 Å². The zero-order valence-electron chi connectivity index (χ0n) is 10.7. The lowest BCUT2D eigenvalue weighted by atomic mass is 10.1. The first kappa shape index (κ1) is 16.3. The predicted molar refractivity (Wildman–Crippen MR) is 86.5 cm³/mol. The second kappa shape index (κ2) is 7.74. The van der Waals surface area contributed by atoms with Gasteiger partial charge in [-0.25, -0.2) is 0 Å². The molecule has 0 aliphatic rings. The molecule has 1 unspecified atom stereocenters. The Labute approximate surface area is 130 Å². The van der Waals surface area contributed by atoms with Gasteiger partial charge in [-0.15, -0.1) is 11.8 Å². The Kier molecular flexibility index (Phi) is 6.64. The fourth-order valence-electron chi connectivity index (χ4n) is 1.46. The van der Waals surface area contributed by atoms with Gasteiger partial charge in [0.1, 0.15) is 5.25 Å². The summed E-state index contributed by atoms with van der Waals surface area (Å²) in [5, 5.41) is 11.3. The van der Waals surface area contributed by atoms with Crippen LogP contribution in [0.1, 0.15) is 13.8 Å². The molecule has 1 rings (SSSR count). The lowest BCUT2D eigenvalue weighted by Crippen LogP contribution is -2.25. The first-order chi connectivity index (χ1) is 8.91. The highest BCUT2D eigenvalue weighted by molar-refractivity contribution is 14.1. The smallest absolute Gasteiger partial charge is 0.316 e. The lowest BCUT2D eigenvalue weighted by Gasteiger charge is -2.15. The Hall–Kier alpha value is -0.760. The molecule has 0 aliphatic carbocycles. The molecule has 1 atom stereocenters. The molecule has 104 valence electrons. The molecule has 0 heterocycles. The number of nitrogens with one attached hydrogen (secondary N) is 1. The third kappa shape index (κ3) is 5.40. The zero-order chi connectivity index (χ0) is 14.4. The lowest BCUT2D eigenvalue weighted by molar-refractivity contribution is -0.137. The summed E-state index contributed by atoms with van der Waals surface area (Å²) < 4.78 is 0.956. The van der Waals surface area contributed by atoms with Crippen LogP contribution < -0.4 is 5.32 Å². The van der Waals surface area contributed by atoms with E-state index in [9.17, 15) is 9.59 Å². The number of carbonyl (C=O) groups is 2. The van der Waals surface area contributed by atoms with Gasteiger partial charge in [-0.05, 0) is 40.6 Å². The van der Waals surface area contributed by atoms with Crippen LogP contribution in [0.25, 0.3) is 0 Å². The zero-order valence-corrected chi connectivity index (χ0v) is 13.7. The first-order valence-electron chi connectivity index (χ1n) is 5.80. The highest BCUT2D eigenvalue weighted by Gasteiger charge is 2.22. The number of carboxylic acids is 1. The van der Waals surface area contributed by atoms with Gasteiger partial charge in [0, 0.05) is 3.57 Å². The number of para-hydroxylation sites is 1. The Bertz CT molecular complexity index is 465. The molecule has 2 N–H and O–H groups in total. The van der Waals surface area contributed by atoms with E-state index in [0.29, 0.717) is 0 Å². The molecule has 0 bridgehead atoms. The van der Waals surface area contributed by atoms with Crippen LogP contribution in [0, 0.1) is 9.49 Å². The summed E-state index contributed by atoms with van der Waals surface area (Å²) in [4.78, 5) is 22.8. The maximum atomic E-state index is 11.8. The van der Waals surface area contributed by atoms with E-state index in [2.05, 4.69) is 27.9 Å².